The normalized spacial score (nSPS) is 12.5. The number of benzene rings is 1. The third kappa shape index (κ3) is 3.26. The molecule has 4 nitrogen and oxygen atoms in total. The Morgan fingerprint density at radius 2 is 2.05 bits per heavy atom. The molecule has 0 saturated heterocycles. The van der Waals surface area contributed by atoms with Gasteiger partial charge in [-0.15, -0.1) is 0 Å². The van der Waals surface area contributed by atoms with Gasteiger partial charge in [-0.3, -0.25) is 5.32 Å². The minimum absolute atomic E-state index is 0.0194. The molecule has 2 aromatic rings. The lowest BCUT2D eigenvalue weighted by atomic mass is 10.0. The predicted molar refractivity (Wildman–Crippen MR) is 81.9 cm³/mol. The quantitative estimate of drug-likeness (QED) is 0.580. The number of nitrogens with one attached hydrogen (secondary N) is 1. The van der Waals surface area contributed by atoms with Crippen molar-refractivity contribution in [2.75, 3.05) is 18.6 Å². The largest absolute Gasteiger partial charge is 0.399 e. The minimum atomic E-state index is 0.0194. The third-order valence-corrected chi connectivity index (χ3v) is 3.84. The Kier molecular flexibility index (Phi) is 4.42. The first-order valence-corrected chi connectivity index (χ1v) is 7.02. The highest BCUT2D eigenvalue weighted by atomic mass is 32.1. The van der Waals surface area contributed by atoms with E-state index in [0.717, 1.165) is 29.0 Å². The Labute approximate surface area is 117 Å². The molecule has 1 aromatic heterocycles. The molecule has 19 heavy (non-hydrogen) atoms. The fourth-order valence-corrected chi connectivity index (χ4v) is 2.70. The number of thiophene rings is 1. The maximum atomic E-state index is 6.04. The summed E-state index contributed by atoms with van der Waals surface area (Å²) in [6.45, 7) is 2.71. The lowest BCUT2D eigenvalue weighted by Crippen LogP contribution is -2.26. The second-order valence-electron chi connectivity index (χ2n) is 4.42. The molecule has 0 bridgehead atoms. The second-order valence-corrected chi connectivity index (χ2v) is 5.16. The number of anilines is 2. The minimum Gasteiger partial charge on any atom is -0.399 e. The molecule has 0 aliphatic rings. The monoisotopic (exact) mass is 277 g/mol. The Morgan fingerprint density at radius 3 is 2.79 bits per heavy atom. The molecule has 1 unspecified atom stereocenters. The molecular formula is C14H19N3OS. The van der Waals surface area contributed by atoms with Crippen molar-refractivity contribution < 1.29 is 4.74 Å². The van der Waals surface area contributed by atoms with Crippen molar-refractivity contribution in [1.29, 1.82) is 0 Å². The average Bonchev–Trinajstić information content (AvgIpc) is 2.87. The van der Waals surface area contributed by atoms with Crippen molar-refractivity contribution >= 4 is 22.7 Å². The summed E-state index contributed by atoms with van der Waals surface area (Å²) >= 11 is 1.66. The molecule has 0 fully saturated rings. The van der Waals surface area contributed by atoms with Crippen LogP contribution in [-0.4, -0.2) is 13.3 Å². The molecule has 1 heterocycles. The maximum Gasteiger partial charge on any atom is 0.105 e. The van der Waals surface area contributed by atoms with E-state index in [2.05, 4.69) is 16.1 Å². The van der Waals surface area contributed by atoms with Crippen molar-refractivity contribution in [1.82, 2.24) is 5.32 Å². The standard InChI is InChI=1S/C14H19N3OS/c1-9(18-2)17-6-10-7-19-8-13(10)12-5-11(15)3-4-14(12)16/h3-5,7-9,17H,6,15-16H2,1-2H3. The van der Waals surface area contributed by atoms with Crippen LogP contribution in [0.5, 0.6) is 0 Å². The zero-order valence-corrected chi connectivity index (χ0v) is 12.0. The van der Waals surface area contributed by atoms with E-state index in [9.17, 15) is 0 Å². The van der Waals surface area contributed by atoms with Gasteiger partial charge in [-0.25, -0.2) is 0 Å². The molecular weight excluding hydrogens is 258 g/mol. The Hall–Kier alpha value is -1.56. The van der Waals surface area contributed by atoms with Gasteiger partial charge in [-0.2, -0.15) is 11.3 Å². The van der Waals surface area contributed by atoms with E-state index in [1.165, 1.54) is 5.56 Å². The molecule has 102 valence electrons. The van der Waals surface area contributed by atoms with Crippen LogP contribution in [-0.2, 0) is 11.3 Å². The molecule has 0 spiro atoms. The fourth-order valence-electron chi connectivity index (χ4n) is 1.84. The summed E-state index contributed by atoms with van der Waals surface area (Å²) in [5.74, 6) is 0. The van der Waals surface area contributed by atoms with E-state index in [4.69, 9.17) is 16.2 Å². The number of rotatable bonds is 5. The van der Waals surface area contributed by atoms with Crippen LogP contribution in [0.1, 0.15) is 12.5 Å². The number of methoxy groups -OCH3 is 1. The van der Waals surface area contributed by atoms with Crippen molar-refractivity contribution in [3.8, 4) is 11.1 Å². The number of hydrogen-bond acceptors (Lipinski definition) is 5. The third-order valence-electron chi connectivity index (χ3n) is 3.04. The van der Waals surface area contributed by atoms with Crippen LogP contribution in [0.25, 0.3) is 11.1 Å². The highest BCUT2D eigenvalue weighted by Crippen LogP contribution is 2.33. The molecule has 0 amide bonds. The average molecular weight is 277 g/mol. The van der Waals surface area contributed by atoms with Gasteiger partial charge in [-0.1, -0.05) is 0 Å². The summed E-state index contributed by atoms with van der Waals surface area (Å²) in [6.07, 6.45) is 0.0194. The highest BCUT2D eigenvalue weighted by molar-refractivity contribution is 7.08. The van der Waals surface area contributed by atoms with E-state index < -0.39 is 0 Å². The van der Waals surface area contributed by atoms with Crippen LogP contribution in [0.15, 0.2) is 29.0 Å². The van der Waals surface area contributed by atoms with Crippen LogP contribution in [0.2, 0.25) is 0 Å². The smallest absolute Gasteiger partial charge is 0.105 e. The van der Waals surface area contributed by atoms with Crippen molar-refractivity contribution in [2.45, 2.75) is 19.7 Å². The van der Waals surface area contributed by atoms with Gasteiger partial charge in [0.15, 0.2) is 0 Å². The summed E-state index contributed by atoms with van der Waals surface area (Å²) in [5, 5.41) is 7.51. The van der Waals surface area contributed by atoms with Gasteiger partial charge in [0.2, 0.25) is 0 Å². The molecule has 2 rings (SSSR count). The fraction of sp³-hybridized carbons (Fsp3) is 0.286. The summed E-state index contributed by atoms with van der Waals surface area (Å²) < 4.78 is 5.18. The van der Waals surface area contributed by atoms with E-state index in [0.29, 0.717) is 0 Å². The lowest BCUT2D eigenvalue weighted by Gasteiger charge is -2.13. The van der Waals surface area contributed by atoms with Gasteiger partial charge in [0, 0.05) is 30.6 Å². The number of ether oxygens (including phenoxy) is 1. The van der Waals surface area contributed by atoms with Gasteiger partial charge in [0.05, 0.1) is 0 Å². The van der Waals surface area contributed by atoms with E-state index >= 15 is 0 Å². The van der Waals surface area contributed by atoms with Crippen molar-refractivity contribution in [3.05, 3.63) is 34.5 Å². The molecule has 1 aromatic carbocycles. The van der Waals surface area contributed by atoms with Gasteiger partial charge >= 0.3 is 0 Å². The molecule has 0 aliphatic carbocycles. The maximum absolute atomic E-state index is 6.04. The van der Waals surface area contributed by atoms with E-state index in [1.54, 1.807) is 18.4 Å². The first-order chi connectivity index (χ1) is 9.11. The predicted octanol–water partition coefficient (Wildman–Crippen LogP) is 2.66. The number of hydrogen-bond donors (Lipinski definition) is 3. The second kappa shape index (κ2) is 6.06. The van der Waals surface area contributed by atoms with Crippen molar-refractivity contribution in [3.63, 3.8) is 0 Å². The Morgan fingerprint density at radius 1 is 1.26 bits per heavy atom. The van der Waals surface area contributed by atoms with Gasteiger partial charge < -0.3 is 16.2 Å². The molecule has 1 atom stereocenters. The van der Waals surface area contributed by atoms with E-state index in [1.807, 2.05) is 25.1 Å². The van der Waals surface area contributed by atoms with E-state index in [-0.39, 0.29) is 6.23 Å². The topological polar surface area (TPSA) is 73.3 Å². The first-order valence-electron chi connectivity index (χ1n) is 6.08. The van der Waals surface area contributed by atoms with Crippen LogP contribution in [0.4, 0.5) is 11.4 Å². The highest BCUT2D eigenvalue weighted by Gasteiger charge is 2.10. The summed E-state index contributed by atoms with van der Waals surface area (Å²) in [6, 6.07) is 5.58. The van der Waals surface area contributed by atoms with Gasteiger partial charge in [0.1, 0.15) is 6.23 Å². The summed E-state index contributed by atoms with van der Waals surface area (Å²) in [5.41, 5.74) is 16.7. The summed E-state index contributed by atoms with van der Waals surface area (Å²) in [4.78, 5) is 0. The van der Waals surface area contributed by atoms with Crippen LogP contribution >= 0.6 is 11.3 Å². The molecule has 0 aliphatic heterocycles. The Balaban J connectivity index is 2.26. The SMILES string of the molecule is COC(C)NCc1cscc1-c1cc(N)ccc1N. The number of nitrogens with two attached hydrogens (primary N) is 2. The van der Waals surface area contributed by atoms with Crippen LogP contribution in [0.3, 0.4) is 0 Å². The van der Waals surface area contributed by atoms with Crippen molar-refractivity contribution in [2.24, 2.45) is 0 Å². The summed E-state index contributed by atoms with van der Waals surface area (Å²) in [7, 11) is 1.68. The molecule has 5 N–H and O–H groups in total. The zero-order chi connectivity index (χ0) is 13.8. The van der Waals surface area contributed by atoms with Gasteiger partial charge in [-0.05, 0) is 47.0 Å². The zero-order valence-electron chi connectivity index (χ0n) is 11.1. The molecule has 0 saturated carbocycles. The van der Waals surface area contributed by atoms with Crippen LogP contribution in [0, 0.1) is 0 Å². The Bertz CT molecular complexity index is 553. The van der Waals surface area contributed by atoms with Gasteiger partial charge in [0.25, 0.3) is 0 Å². The molecule has 0 radical (unpaired) electrons. The van der Waals surface area contributed by atoms with Crippen LogP contribution < -0.4 is 16.8 Å². The lowest BCUT2D eigenvalue weighted by molar-refractivity contribution is 0.0880. The molecule has 5 heteroatoms. The first kappa shape index (κ1) is 13.9. The number of nitrogen functional groups attached to an aromatic ring is 2.